The highest BCUT2D eigenvalue weighted by molar-refractivity contribution is 8.00. The Morgan fingerprint density at radius 2 is 1.66 bits per heavy atom. The summed E-state index contributed by atoms with van der Waals surface area (Å²) in [7, 11) is 0. The summed E-state index contributed by atoms with van der Waals surface area (Å²) in [5, 5.41) is 3.38. The third kappa shape index (κ3) is 4.89. The number of nitrogens with one attached hydrogen (secondary N) is 2. The van der Waals surface area contributed by atoms with Crippen LogP contribution in [-0.2, 0) is 20.6 Å². The quantitative estimate of drug-likeness (QED) is 0.237. The number of thioether (sulfide) groups is 1. The van der Waals surface area contributed by atoms with E-state index in [4.69, 9.17) is 4.74 Å². The number of H-pyrrole nitrogens is 1. The summed E-state index contributed by atoms with van der Waals surface area (Å²) in [6.45, 7) is -0.257. The number of rotatable bonds is 6. The van der Waals surface area contributed by atoms with E-state index in [9.17, 15) is 32.3 Å². The Labute approximate surface area is 274 Å². The van der Waals surface area contributed by atoms with Gasteiger partial charge in [0, 0.05) is 27.3 Å². The fraction of sp³-hybridized carbons (Fsp3) is 0.294. The molecule has 1 saturated heterocycles. The second kappa shape index (κ2) is 11.1. The first-order valence-electron chi connectivity index (χ1n) is 15.1. The zero-order valence-electron chi connectivity index (χ0n) is 24.4. The van der Waals surface area contributed by atoms with Crippen molar-refractivity contribution in [2.24, 2.45) is 29.6 Å². The molecule has 8 nitrogen and oxygen atoms in total. The maximum Gasteiger partial charge on any atom is 0.416 e. The van der Waals surface area contributed by atoms with Gasteiger partial charge in [0.25, 0.3) is 5.91 Å². The first-order valence-corrected chi connectivity index (χ1v) is 16.8. The van der Waals surface area contributed by atoms with Crippen LogP contribution in [0.25, 0.3) is 0 Å². The predicted octanol–water partition coefficient (Wildman–Crippen LogP) is 6.15. The van der Waals surface area contributed by atoms with E-state index < -0.39 is 35.4 Å². The van der Waals surface area contributed by atoms with Crippen molar-refractivity contribution in [2.45, 2.75) is 28.8 Å². The lowest BCUT2D eigenvalue weighted by atomic mass is 9.68. The number of nitrogens with zero attached hydrogens (tertiary/aromatic N) is 1. The highest BCUT2D eigenvalue weighted by atomic mass is 32.2. The van der Waals surface area contributed by atoms with Gasteiger partial charge >= 0.3 is 11.0 Å². The number of thiazole rings is 1. The second-order valence-electron chi connectivity index (χ2n) is 12.3. The number of halogens is 3. The lowest BCUT2D eigenvalue weighted by molar-refractivity contribution is -0.137. The summed E-state index contributed by atoms with van der Waals surface area (Å²) in [5.41, 5.74) is 0.395. The average molecular weight is 678 g/mol. The molecule has 4 aliphatic rings. The molecule has 3 heterocycles. The van der Waals surface area contributed by atoms with Gasteiger partial charge in [-0.1, -0.05) is 53.8 Å². The number of anilines is 2. The van der Waals surface area contributed by atoms with Gasteiger partial charge < -0.3 is 15.0 Å². The molecule has 3 aromatic carbocycles. The monoisotopic (exact) mass is 677 g/mol. The second-order valence-corrected chi connectivity index (χ2v) is 14.5. The molecule has 4 aromatic rings. The number of alkyl halides is 3. The van der Waals surface area contributed by atoms with Crippen LogP contribution in [0.3, 0.4) is 0 Å². The number of ether oxygens (including phenoxy) is 1. The van der Waals surface area contributed by atoms with Crippen LogP contribution in [-0.4, -0.2) is 34.6 Å². The van der Waals surface area contributed by atoms with E-state index in [1.165, 1.54) is 23.9 Å². The number of amides is 3. The molecule has 0 spiro atoms. The third-order valence-corrected chi connectivity index (χ3v) is 12.4. The van der Waals surface area contributed by atoms with Gasteiger partial charge in [0.2, 0.25) is 11.8 Å². The summed E-state index contributed by atoms with van der Waals surface area (Å²) in [6.07, 6.45) is -4.01. The number of hydrogen-bond donors (Lipinski definition) is 2. The molecular formula is C34H26F3N3O5S2. The number of para-hydroxylation sites is 2. The van der Waals surface area contributed by atoms with Crippen molar-refractivity contribution >= 4 is 52.2 Å². The summed E-state index contributed by atoms with van der Waals surface area (Å²) in [6, 6.07) is 20.7. The predicted molar refractivity (Wildman–Crippen MR) is 169 cm³/mol. The molecule has 2 saturated carbocycles. The van der Waals surface area contributed by atoms with Crippen LogP contribution in [0.1, 0.15) is 28.3 Å². The molecule has 1 aromatic heterocycles. The zero-order chi connectivity index (χ0) is 32.6. The van der Waals surface area contributed by atoms with Crippen molar-refractivity contribution in [3.05, 3.63) is 105 Å². The van der Waals surface area contributed by atoms with E-state index in [2.05, 4.69) is 10.3 Å². The van der Waals surface area contributed by atoms with E-state index in [1.807, 2.05) is 30.3 Å². The summed E-state index contributed by atoms with van der Waals surface area (Å²) in [4.78, 5) is 57.8. The summed E-state index contributed by atoms with van der Waals surface area (Å²) in [5.74, 6) is -3.16. The smallest absolute Gasteiger partial charge is 0.416 e. The molecular weight excluding hydrogens is 652 g/mol. The van der Waals surface area contributed by atoms with Gasteiger partial charge in [0.15, 0.2) is 6.61 Å². The number of fused-ring (bicyclic) bond motifs is 9. The minimum absolute atomic E-state index is 0.0771. The molecule has 3 fully saturated rings. The van der Waals surface area contributed by atoms with Crippen molar-refractivity contribution in [3.8, 4) is 5.75 Å². The van der Waals surface area contributed by atoms with Crippen LogP contribution >= 0.6 is 23.1 Å². The molecule has 2 aliphatic heterocycles. The standard InChI is InChI=1S/C34H26F3N3O5S2/c35-34(36,37)16-7-6-10-18(13-16)40-31(42)26-20-14-21(27(26)32(40)43)28-25(20)24(29-30(46-28)39-33(44)47-29)19-11-4-5-12-22(19)45-15-23(41)38-17-8-2-1-3-9-17/h1-13,20-21,24-28H,14-15H2,(H,38,41)(H,39,44)/t20-,21-,24-,25?,26?,27?,28?/m1/s1. The minimum Gasteiger partial charge on any atom is -0.483 e. The van der Waals surface area contributed by atoms with Gasteiger partial charge in [-0.05, 0) is 60.6 Å². The van der Waals surface area contributed by atoms with Crippen molar-refractivity contribution in [1.82, 2.24) is 4.98 Å². The van der Waals surface area contributed by atoms with Gasteiger partial charge in [-0.25, -0.2) is 0 Å². The normalized spacial score (nSPS) is 27.4. The molecule has 0 radical (unpaired) electrons. The van der Waals surface area contributed by atoms with Crippen molar-refractivity contribution in [3.63, 3.8) is 0 Å². The van der Waals surface area contributed by atoms with Crippen LogP contribution < -0.4 is 19.8 Å². The Kier molecular flexibility index (Phi) is 7.10. The Morgan fingerprint density at radius 1 is 0.936 bits per heavy atom. The van der Waals surface area contributed by atoms with Crippen LogP contribution in [0.15, 0.2) is 88.7 Å². The van der Waals surface area contributed by atoms with E-state index >= 15 is 0 Å². The highest BCUT2D eigenvalue weighted by Gasteiger charge is 2.70. The number of hydrogen-bond acceptors (Lipinski definition) is 7. The van der Waals surface area contributed by atoms with Crippen LogP contribution in [0.5, 0.6) is 5.75 Å². The van der Waals surface area contributed by atoms with Crippen LogP contribution in [0, 0.1) is 29.6 Å². The maximum absolute atomic E-state index is 14.0. The highest BCUT2D eigenvalue weighted by Crippen LogP contribution is 2.69. The lowest BCUT2D eigenvalue weighted by Gasteiger charge is -2.43. The van der Waals surface area contributed by atoms with E-state index in [-0.39, 0.29) is 52.0 Å². The van der Waals surface area contributed by atoms with Gasteiger partial charge in [0.1, 0.15) is 5.75 Å². The van der Waals surface area contributed by atoms with Crippen LogP contribution in [0.4, 0.5) is 24.5 Å². The Morgan fingerprint density at radius 3 is 2.43 bits per heavy atom. The van der Waals surface area contributed by atoms with Crippen molar-refractivity contribution in [1.29, 1.82) is 0 Å². The number of benzene rings is 3. The fourth-order valence-corrected chi connectivity index (χ4v) is 11.1. The van der Waals surface area contributed by atoms with E-state index in [0.29, 0.717) is 22.9 Å². The fourth-order valence-electron chi connectivity index (χ4n) is 8.17. The lowest BCUT2D eigenvalue weighted by Crippen LogP contribution is -2.42. The SMILES string of the molecule is O=C(COc1ccccc1[C@H]1c2sc(=O)[nH]c2SC2C1[C@H]1C[C@@H]2C2C(=O)N(c3cccc(C(F)(F)F)c3)C(=O)C21)Nc1ccccc1. The number of carbonyl (C=O) groups excluding carboxylic acids is 3. The number of carbonyl (C=O) groups is 3. The van der Waals surface area contributed by atoms with E-state index in [0.717, 1.165) is 38.8 Å². The molecule has 3 amide bonds. The molecule has 240 valence electrons. The topological polar surface area (TPSA) is 109 Å². The van der Waals surface area contributed by atoms with Gasteiger partial charge in [-0.15, -0.1) is 11.8 Å². The van der Waals surface area contributed by atoms with Crippen molar-refractivity contribution < 1.29 is 32.3 Å². The molecule has 4 unspecified atom stereocenters. The van der Waals surface area contributed by atoms with Gasteiger partial charge in [-0.2, -0.15) is 13.2 Å². The largest absolute Gasteiger partial charge is 0.483 e. The van der Waals surface area contributed by atoms with Gasteiger partial charge in [-0.3, -0.25) is 24.1 Å². The van der Waals surface area contributed by atoms with E-state index in [1.54, 1.807) is 24.3 Å². The molecule has 13 heteroatoms. The third-order valence-electron chi connectivity index (χ3n) is 9.83. The van der Waals surface area contributed by atoms with Crippen molar-refractivity contribution in [2.75, 3.05) is 16.8 Å². The Balaban J connectivity index is 1.13. The molecule has 2 N–H and O–H groups in total. The first kappa shape index (κ1) is 30.0. The molecule has 47 heavy (non-hydrogen) atoms. The number of aromatic nitrogens is 1. The molecule has 2 aliphatic carbocycles. The van der Waals surface area contributed by atoms with Gasteiger partial charge in [0.05, 0.1) is 28.1 Å². The maximum atomic E-state index is 14.0. The average Bonchev–Trinajstić information content (AvgIpc) is 3.79. The minimum atomic E-state index is -4.62. The zero-order valence-corrected chi connectivity index (χ0v) is 26.0. The first-order chi connectivity index (χ1) is 22.6. The number of aromatic amines is 1. The number of imide groups is 1. The molecule has 7 atom stereocenters. The van der Waals surface area contributed by atoms with Crippen LogP contribution in [0.2, 0.25) is 0 Å². The molecule has 2 bridgehead atoms. The Hall–Kier alpha value is -4.36. The Bertz CT molecular complexity index is 1980. The molecule has 8 rings (SSSR count). The summed E-state index contributed by atoms with van der Waals surface area (Å²) < 4.78 is 46.7. The summed E-state index contributed by atoms with van der Waals surface area (Å²) >= 11 is 2.61.